The topological polar surface area (TPSA) is 53.9 Å². The molecular formula is C19H20ClN5. The summed E-state index contributed by atoms with van der Waals surface area (Å²) >= 11 is 6.20. The standard InChI is InChI=1S/C19H20ClN5/c1-14(2)25(13-15-8-4-3-5-9-15)19-23-18(12-21-24-19)22-17-11-7-6-10-16(17)20/h3-12,14H,13H2,1-2H3,(H,22,23,24). The van der Waals surface area contributed by atoms with Crippen LogP contribution in [0.1, 0.15) is 19.4 Å². The predicted molar refractivity (Wildman–Crippen MR) is 102 cm³/mol. The van der Waals surface area contributed by atoms with E-state index in [9.17, 15) is 0 Å². The first kappa shape index (κ1) is 17.2. The zero-order chi connectivity index (χ0) is 17.6. The van der Waals surface area contributed by atoms with Gasteiger partial charge in [-0.2, -0.15) is 10.1 Å². The number of hydrogen-bond acceptors (Lipinski definition) is 5. The third-order valence-corrected chi connectivity index (χ3v) is 4.09. The van der Waals surface area contributed by atoms with Crippen LogP contribution >= 0.6 is 11.6 Å². The van der Waals surface area contributed by atoms with Gasteiger partial charge in [-0.15, -0.1) is 5.10 Å². The van der Waals surface area contributed by atoms with Crippen molar-refractivity contribution in [3.05, 3.63) is 71.4 Å². The third kappa shape index (κ3) is 4.45. The predicted octanol–water partition coefficient (Wildman–Crippen LogP) is 4.68. The van der Waals surface area contributed by atoms with E-state index in [1.165, 1.54) is 5.56 Å². The number of nitrogens with one attached hydrogen (secondary N) is 1. The molecule has 3 aromatic rings. The largest absolute Gasteiger partial charge is 0.338 e. The lowest BCUT2D eigenvalue weighted by Crippen LogP contribution is -2.32. The van der Waals surface area contributed by atoms with Gasteiger partial charge in [0.2, 0.25) is 5.95 Å². The van der Waals surface area contributed by atoms with E-state index in [4.69, 9.17) is 11.6 Å². The van der Waals surface area contributed by atoms with Crippen LogP contribution in [0.2, 0.25) is 5.02 Å². The molecule has 0 aliphatic rings. The number of hydrogen-bond donors (Lipinski definition) is 1. The quantitative estimate of drug-likeness (QED) is 0.697. The molecule has 0 amide bonds. The number of anilines is 3. The van der Waals surface area contributed by atoms with Crippen LogP contribution in [0.4, 0.5) is 17.5 Å². The summed E-state index contributed by atoms with van der Waals surface area (Å²) in [5.41, 5.74) is 1.99. The van der Waals surface area contributed by atoms with Crippen LogP contribution in [0, 0.1) is 0 Å². The molecule has 0 saturated heterocycles. The lowest BCUT2D eigenvalue weighted by atomic mass is 10.2. The summed E-state index contributed by atoms with van der Waals surface area (Å²) in [5, 5.41) is 12.1. The Hall–Kier alpha value is -2.66. The normalized spacial score (nSPS) is 10.7. The van der Waals surface area contributed by atoms with Crippen molar-refractivity contribution in [3.63, 3.8) is 0 Å². The highest BCUT2D eigenvalue weighted by Crippen LogP contribution is 2.24. The Morgan fingerprint density at radius 1 is 1.04 bits per heavy atom. The molecule has 0 aliphatic heterocycles. The minimum Gasteiger partial charge on any atom is -0.338 e. The fourth-order valence-corrected chi connectivity index (χ4v) is 2.62. The van der Waals surface area contributed by atoms with E-state index in [-0.39, 0.29) is 6.04 Å². The highest BCUT2D eigenvalue weighted by molar-refractivity contribution is 6.33. The molecule has 2 aromatic carbocycles. The first-order valence-electron chi connectivity index (χ1n) is 8.15. The Bertz CT molecular complexity index is 823. The van der Waals surface area contributed by atoms with Crippen molar-refractivity contribution in [2.45, 2.75) is 26.4 Å². The van der Waals surface area contributed by atoms with E-state index in [1.807, 2.05) is 42.5 Å². The molecule has 0 unspecified atom stereocenters. The molecule has 3 rings (SSSR count). The summed E-state index contributed by atoms with van der Waals surface area (Å²) in [6, 6.07) is 18.0. The Kier molecular flexibility index (Phi) is 5.46. The smallest absolute Gasteiger partial charge is 0.247 e. The van der Waals surface area contributed by atoms with Crippen LogP contribution in [-0.4, -0.2) is 21.2 Å². The van der Waals surface area contributed by atoms with Gasteiger partial charge in [-0.05, 0) is 31.5 Å². The molecule has 0 bridgehead atoms. The van der Waals surface area contributed by atoms with Crippen molar-refractivity contribution in [1.82, 2.24) is 15.2 Å². The van der Waals surface area contributed by atoms with Crippen LogP contribution in [0.3, 0.4) is 0 Å². The average molecular weight is 354 g/mol. The second kappa shape index (κ2) is 7.94. The molecule has 0 atom stereocenters. The van der Waals surface area contributed by atoms with Crippen molar-refractivity contribution in [2.24, 2.45) is 0 Å². The first-order chi connectivity index (χ1) is 12.1. The van der Waals surface area contributed by atoms with E-state index in [0.717, 1.165) is 12.2 Å². The van der Waals surface area contributed by atoms with Gasteiger partial charge >= 0.3 is 0 Å². The van der Waals surface area contributed by atoms with E-state index >= 15 is 0 Å². The second-order valence-electron chi connectivity index (χ2n) is 5.95. The van der Waals surface area contributed by atoms with Crippen molar-refractivity contribution < 1.29 is 0 Å². The molecule has 1 heterocycles. The first-order valence-corrected chi connectivity index (χ1v) is 8.53. The molecule has 1 N–H and O–H groups in total. The zero-order valence-corrected chi connectivity index (χ0v) is 15.0. The van der Waals surface area contributed by atoms with Gasteiger partial charge < -0.3 is 10.2 Å². The zero-order valence-electron chi connectivity index (χ0n) is 14.2. The Morgan fingerprint density at radius 3 is 2.48 bits per heavy atom. The van der Waals surface area contributed by atoms with E-state index < -0.39 is 0 Å². The summed E-state index contributed by atoms with van der Waals surface area (Å²) < 4.78 is 0. The van der Waals surface area contributed by atoms with E-state index in [1.54, 1.807) is 6.20 Å². The van der Waals surface area contributed by atoms with E-state index in [2.05, 4.69) is 51.4 Å². The van der Waals surface area contributed by atoms with Gasteiger partial charge in [0.25, 0.3) is 0 Å². The SMILES string of the molecule is CC(C)N(Cc1ccccc1)c1nncc(Nc2ccccc2Cl)n1. The highest BCUT2D eigenvalue weighted by atomic mass is 35.5. The minimum atomic E-state index is 0.234. The summed E-state index contributed by atoms with van der Waals surface area (Å²) in [5.74, 6) is 1.19. The number of nitrogens with zero attached hydrogens (tertiary/aromatic N) is 4. The monoisotopic (exact) mass is 353 g/mol. The fourth-order valence-electron chi connectivity index (χ4n) is 2.44. The second-order valence-corrected chi connectivity index (χ2v) is 6.36. The summed E-state index contributed by atoms with van der Waals surface area (Å²) in [6.45, 7) is 4.94. The maximum Gasteiger partial charge on any atom is 0.247 e. The maximum absolute atomic E-state index is 6.20. The molecule has 5 nitrogen and oxygen atoms in total. The van der Waals surface area contributed by atoms with Crippen LogP contribution in [0.25, 0.3) is 0 Å². The summed E-state index contributed by atoms with van der Waals surface area (Å²) in [6.07, 6.45) is 1.59. The molecule has 6 heteroatoms. The molecule has 0 aliphatic carbocycles. The average Bonchev–Trinajstić information content (AvgIpc) is 2.62. The Morgan fingerprint density at radius 2 is 1.76 bits per heavy atom. The van der Waals surface area contributed by atoms with Crippen molar-refractivity contribution >= 4 is 29.1 Å². The number of aromatic nitrogens is 3. The fraction of sp³-hybridized carbons (Fsp3) is 0.211. The lowest BCUT2D eigenvalue weighted by molar-refractivity contribution is 0.653. The molecular weight excluding hydrogens is 334 g/mol. The van der Waals surface area contributed by atoms with Crippen molar-refractivity contribution in [3.8, 4) is 0 Å². The van der Waals surface area contributed by atoms with Crippen LogP contribution in [0.15, 0.2) is 60.8 Å². The number of para-hydroxylation sites is 1. The van der Waals surface area contributed by atoms with Crippen molar-refractivity contribution in [2.75, 3.05) is 10.2 Å². The van der Waals surface area contributed by atoms with Crippen LogP contribution < -0.4 is 10.2 Å². The van der Waals surface area contributed by atoms with Crippen molar-refractivity contribution in [1.29, 1.82) is 0 Å². The summed E-state index contributed by atoms with van der Waals surface area (Å²) in [7, 11) is 0. The number of benzene rings is 2. The maximum atomic E-state index is 6.20. The van der Waals surface area contributed by atoms with Gasteiger partial charge in [-0.3, -0.25) is 0 Å². The molecule has 0 fully saturated rings. The van der Waals surface area contributed by atoms with Gasteiger partial charge in [0.05, 0.1) is 16.9 Å². The highest BCUT2D eigenvalue weighted by Gasteiger charge is 2.15. The Labute approximate surface area is 152 Å². The molecule has 1 aromatic heterocycles. The van der Waals surface area contributed by atoms with E-state index in [0.29, 0.717) is 16.8 Å². The lowest BCUT2D eigenvalue weighted by Gasteiger charge is -2.26. The molecule has 0 saturated carbocycles. The number of halogens is 1. The van der Waals surface area contributed by atoms with Gasteiger partial charge in [-0.1, -0.05) is 54.1 Å². The molecule has 0 radical (unpaired) electrons. The van der Waals surface area contributed by atoms with Crippen LogP contribution in [-0.2, 0) is 6.54 Å². The third-order valence-electron chi connectivity index (χ3n) is 3.76. The Balaban J connectivity index is 1.84. The summed E-state index contributed by atoms with van der Waals surface area (Å²) in [4.78, 5) is 6.72. The van der Waals surface area contributed by atoms with Gasteiger partial charge in [-0.25, -0.2) is 0 Å². The van der Waals surface area contributed by atoms with Gasteiger partial charge in [0.1, 0.15) is 0 Å². The number of rotatable bonds is 6. The van der Waals surface area contributed by atoms with Crippen LogP contribution in [0.5, 0.6) is 0 Å². The molecule has 25 heavy (non-hydrogen) atoms. The minimum absolute atomic E-state index is 0.234. The van der Waals surface area contributed by atoms with Gasteiger partial charge in [0, 0.05) is 12.6 Å². The van der Waals surface area contributed by atoms with Gasteiger partial charge in [0.15, 0.2) is 5.82 Å². The molecule has 128 valence electrons. The molecule has 0 spiro atoms.